The number of thiazole rings is 1. The van der Waals surface area contributed by atoms with E-state index < -0.39 is 0 Å². The van der Waals surface area contributed by atoms with Gasteiger partial charge in [-0.25, -0.2) is 4.98 Å². The predicted octanol–water partition coefficient (Wildman–Crippen LogP) is 12.7. The standard InChI is InChI=1S/C43H28N2OS/c1-4-11-29(12-5-1)30-19-21-31(22-20-30)33-15-10-18-35(27-33)45(34-16-8-3-9-17-34)36-23-25-39-37(28-36)41-40(46-39)26-24-38-42(41)47-43(44-38)32-13-6-2-7-14-32/h1-28H. The zero-order chi connectivity index (χ0) is 31.2. The van der Waals surface area contributed by atoms with E-state index >= 15 is 0 Å². The number of aromatic nitrogens is 1. The Balaban J connectivity index is 1.17. The van der Waals surface area contributed by atoms with E-state index in [0.717, 1.165) is 65.4 Å². The van der Waals surface area contributed by atoms with Crippen LogP contribution in [0.15, 0.2) is 174 Å². The number of hydrogen-bond acceptors (Lipinski definition) is 4. The Kier molecular flexibility index (Phi) is 6.65. The highest BCUT2D eigenvalue weighted by atomic mass is 32.1. The minimum atomic E-state index is 0.867. The van der Waals surface area contributed by atoms with Crippen molar-refractivity contribution in [2.45, 2.75) is 0 Å². The van der Waals surface area contributed by atoms with Crippen LogP contribution in [-0.2, 0) is 0 Å². The summed E-state index contributed by atoms with van der Waals surface area (Å²) in [5, 5.41) is 3.21. The molecule has 0 amide bonds. The molecule has 0 bridgehead atoms. The highest BCUT2D eigenvalue weighted by Gasteiger charge is 2.19. The fourth-order valence-electron chi connectivity index (χ4n) is 6.41. The van der Waals surface area contributed by atoms with Gasteiger partial charge in [0.15, 0.2) is 0 Å². The van der Waals surface area contributed by atoms with Gasteiger partial charge in [0, 0.05) is 33.4 Å². The Labute approximate surface area is 276 Å². The van der Waals surface area contributed by atoms with Crippen molar-refractivity contribution in [1.29, 1.82) is 0 Å². The van der Waals surface area contributed by atoms with E-state index in [1.165, 1.54) is 16.7 Å². The zero-order valence-electron chi connectivity index (χ0n) is 25.4. The van der Waals surface area contributed by atoms with Gasteiger partial charge >= 0.3 is 0 Å². The topological polar surface area (TPSA) is 29.3 Å². The summed E-state index contributed by atoms with van der Waals surface area (Å²) in [7, 11) is 0. The molecule has 0 fully saturated rings. The first-order valence-electron chi connectivity index (χ1n) is 15.7. The van der Waals surface area contributed by atoms with Gasteiger partial charge in [0.25, 0.3) is 0 Å². The van der Waals surface area contributed by atoms with Crippen LogP contribution in [-0.4, -0.2) is 4.98 Å². The first kappa shape index (κ1) is 27.3. The van der Waals surface area contributed by atoms with Crippen LogP contribution in [0.2, 0.25) is 0 Å². The highest BCUT2D eigenvalue weighted by molar-refractivity contribution is 7.22. The summed E-state index contributed by atoms with van der Waals surface area (Å²) in [6.07, 6.45) is 0. The van der Waals surface area contributed by atoms with E-state index in [2.05, 4.69) is 163 Å². The Morgan fingerprint density at radius 2 is 1.02 bits per heavy atom. The minimum absolute atomic E-state index is 0.867. The highest BCUT2D eigenvalue weighted by Crippen LogP contribution is 2.43. The SMILES string of the molecule is c1ccc(-c2ccc(-c3cccc(N(c4ccccc4)c4ccc5oc6ccc7nc(-c8ccccc8)sc7c6c5c4)c3)cc2)cc1. The second-order valence-electron chi connectivity index (χ2n) is 11.6. The number of anilines is 3. The molecule has 2 heterocycles. The lowest BCUT2D eigenvalue weighted by Crippen LogP contribution is -2.09. The summed E-state index contributed by atoms with van der Waals surface area (Å²) in [4.78, 5) is 7.32. The lowest BCUT2D eigenvalue weighted by Gasteiger charge is -2.26. The molecule has 7 aromatic carbocycles. The van der Waals surface area contributed by atoms with Crippen molar-refractivity contribution in [3.05, 3.63) is 170 Å². The van der Waals surface area contributed by atoms with Crippen molar-refractivity contribution in [3.63, 3.8) is 0 Å². The first-order chi connectivity index (χ1) is 23.3. The van der Waals surface area contributed by atoms with Gasteiger partial charge in [0.2, 0.25) is 0 Å². The average molecular weight is 621 g/mol. The normalized spacial score (nSPS) is 11.4. The number of para-hydroxylation sites is 1. The van der Waals surface area contributed by atoms with Gasteiger partial charge < -0.3 is 9.32 Å². The third-order valence-electron chi connectivity index (χ3n) is 8.69. The summed E-state index contributed by atoms with van der Waals surface area (Å²) in [5.41, 5.74) is 11.9. The maximum Gasteiger partial charge on any atom is 0.137 e. The number of fused-ring (bicyclic) bond motifs is 5. The van der Waals surface area contributed by atoms with E-state index in [-0.39, 0.29) is 0 Å². The number of hydrogen-bond donors (Lipinski definition) is 0. The molecule has 222 valence electrons. The van der Waals surface area contributed by atoms with Crippen LogP contribution in [0.1, 0.15) is 0 Å². The quantitative estimate of drug-likeness (QED) is 0.185. The predicted molar refractivity (Wildman–Crippen MR) is 198 cm³/mol. The first-order valence-corrected chi connectivity index (χ1v) is 16.5. The molecule has 0 atom stereocenters. The van der Waals surface area contributed by atoms with Crippen LogP contribution in [0.4, 0.5) is 17.1 Å². The molecular weight excluding hydrogens is 593 g/mol. The molecule has 0 spiro atoms. The van der Waals surface area contributed by atoms with Gasteiger partial charge in [-0.2, -0.15) is 0 Å². The average Bonchev–Trinajstić information content (AvgIpc) is 3.75. The Bertz CT molecular complexity index is 2500. The van der Waals surface area contributed by atoms with E-state index in [9.17, 15) is 0 Å². The van der Waals surface area contributed by atoms with E-state index in [0.29, 0.717) is 0 Å². The van der Waals surface area contributed by atoms with Crippen LogP contribution in [0.5, 0.6) is 0 Å². The molecule has 0 aliphatic rings. The van der Waals surface area contributed by atoms with Crippen LogP contribution in [0, 0.1) is 0 Å². The Morgan fingerprint density at radius 3 is 1.77 bits per heavy atom. The van der Waals surface area contributed by atoms with E-state index in [1.54, 1.807) is 11.3 Å². The summed E-state index contributed by atoms with van der Waals surface area (Å²) < 4.78 is 7.54. The molecule has 0 aliphatic heterocycles. The van der Waals surface area contributed by atoms with Crippen LogP contribution in [0.25, 0.3) is 65.0 Å². The summed E-state index contributed by atoms with van der Waals surface area (Å²) in [6.45, 7) is 0. The van der Waals surface area contributed by atoms with Crippen LogP contribution >= 0.6 is 11.3 Å². The minimum Gasteiger partial charge on any atom is -0.456 e. The number of rotatable bonds is 6. The monoisotopic (exact) mass is 620 g/mol. The van der Waals surface area contributed by atoms with Gasteiger partial charge in [-0.15, -0.1) is 11.3 Å². The third-order valence-corrected chi connectivity index (χ3v) is 9.83. The molecule has 0 aliphatic carbocycles. The molecule has 0 unspecified atom stereocenters. The Morgan fingerprint density at radius 1 is 0.447 bits per heavy atom. The van der Waals surface area contributed by atoms with Gasteiger partial charge in [0.05, 0.1) is 10.2 Å². The summed E-state index contributed by atoms with van der Waals surface area (Å²) in [6, 6.07) is 59.7. The molecule has 0 saturated carbocycles. The van der Waals surface area contributed by atoms with Crippen molar-refractivity contribution in [1.82, 2.24) is 4.98 Å². The molecule has 3 nitrogen and oxygen atoms in total. The lowest BCUT2D eigenvalue weighted by atomic mass is 10.00. The van der Waals surface area contributed by atoms with Gasteiger partial charge in [0.1, 0.15) is 16.2 Å². The smallest absolute Gasteiger partial charge is 0.137 e. The molecule has 9 aromatic rings. The molecule has 2 aromatic heterocycles. The van der Waals surface area contributed by atoms with E-state index in [1.807, 2.05) is 12.1 Å². The van der Waals surface area contributed by atoms with Gasteiger partial charge in [-0.3, -0.25) is 0 Å². The summed E-state index contributed by atoms with van der Waals surface area (Å²) in [5.74, 6) is 0. The molecule has 0 saturated heterocycles. The van der Waals surface area contributed by atoms with E-state index in [4.69, 9.17) is 9.40 Å². The van der Waals surface area contributed by atoms with Crippen LogP contribution < -0.4 is 4.90 Å². The fraction of sp³-hybridized carbons (Fsp3) is 0. The van der Waals surface area contributed by atoms with Gasteiger partial charge in [-0.05, 0) is 76.9 Å². The zero-order valence-corrected chi connectivity index (χ0v) is 26.2. The molecule has 4 heteroatoms. The maximum absolute atomic E-state index is 6.40. The van der Waals surface area contributed by atoms with Crippen molar-refractivity contribution in [2.75, 3.05) is 4.90 Å². The molecule has 0 N–H and O–H groups in total. The van der Waals surface area contributed by atoms with Crippen molar-refractivity contribution in [3.8, 4) is 32.8 Å². The van der Waals surface area contributed by atoms with Crippen molar-refractivity contribution in [2.24, 2.45) is 0 Å². The summed E-state index contributed by atoms with van der Waals surface area (Å²) >= 11 is 1.72. The number of nitrogens with zero attached hydrogens (tertiary/aromatic N) is 2. The number of furan rings is 1. The Hall–Kier alpha value is -5.97. The van der Waals surface area contributed by atoms with Crippen molar-refractivity contribution >= 4 is 60.6 Å². The maximum atomic E-state index is 6.40. The molecule has 0 radical (unpaired) electrons. The third kappa shape index (κ3) is 4.96. The van der Waals surface area contributed by atoms with Crippen LogP contribution in [0.3, 0.4) is 0 Å². The molecule has 47 heavy (non-hydrogen) atoms. The second-order valence-corrected chi connectivity index (χ2v) is 12.6. The second kappa shape index (κ2) is 11.4. The largest absolute Gasteiger partial charge is 0.456 e. The van der Waals surface area contributed by atoms with Gasteiger partial charge in [-0.1, -0.05) is 115 Å². The molecular formula is C43H28N2OS. The van der Waals surface area contributed by atoms with Crippen molar-refractivity contribution < 1.29 is 4.42 Å². The number of benzene rings is 7. The molecule has 9 rings (SSSR count). The fourth-order valence-corrected chi connectivity index (χ4v) is 7.53. The lowest BCUT2D eigenvalue weighted by molar-refractivity contribution is 0.669.